The average molecular weight is 402 g/mol. The van der Waals surface area contributed by atoms with Gasteiger partial charge in [-0.1, -0.05) is 24.3 Å². The third kappa shape index (κ3) is 3.99. The van der Waals surface area contributed by atoms with Crippen LogP contribution in [0.1, 0.15) is 54.2 Å². The van der Waals surface area contributed by atoms with Crippen molar-refractivity contribution in [3.8, 4) is 11.6 Å². The third-order valence-electron chi connectivity index (χ3n) is 6.22. The fraction of sp³-hybridized carbons (Fsp3) is 0.417. The molecule has 1 fully saturated rings. The van der Waals surface area contributed by atoms with Crippen LogP contribution in [0.15, 0.2) is 47.0 Å². The Balaban J connectivity index is 1.25. The lowest BCUT2D eigenvalue weighted by atomic mass is 9.90. The van der Waals surface area contributed by atoms with Crippen LogP contribution in [0.4, 0.5) is 0 Å². The number of aromatic nitrogens is 3. The van der Waals surface area contributed by atoms with Gasteiger partial charge in [0.25, 0.3) is 5.89 Å². The van der Waals surface area contributed by atoms with Crippen molar-refractivity contribution in [1.29, 1.82) is 0 Å². The Morgan fingerprint density at radius 2 is 1.97 bits per heavy atom. The zero-order chi connectivity index (χ0) is 20.3. The number of hydrogen-bond donors (Lipinski definition) is 0. The van der Waals surface area contributed by atoms with Gasteiger partial charge in [0.1, 0.15) is 5.69 Å². The molecule has 5 rings (SSSR count). The lowest BCUT2D eigenvalue weighted by Crippen LogP contribution is -2.40. The molecule has 0 N–H and O–H groups in total. The SMILES string of the molecule is O=C(Cc1ccc2c(c1)CCCC2)N1CCCC(c2nnc(-c3ccccn3)o2)C1. The second kappa shape index (κ2) is 8.38. The molecule has 30 heavy (non-hydrogen) atoms. The molecule has 0 saturated carbocycles. The Kier molecular flexibility index (Phi) is 5.30. The van der Waals surface area contributed by atoms with Crippen LogP contribution in [-0.4, -0.2) is 39.1 Å². The number of piperidine rings is 1. The van der Waals surface area contributed by atoms with Crippen LogP contribution in [0.3, 0.4) is 0 Å². The predicted molar refractivity (Wildman–Crippen MR) is 113 cm³/mol. The molecule has 1 amide bonds. The normalized spacial score (nSPS) is 18.8. The molecule has 2 aromatic heterocycles. The van der Waals surface area contributed by atoms with Crippen molar-refractivity contribution in [2.75, 3.05) is 13.1 Å². The van der Waals surface area contributed by atoms with E-state index < -0.39 is 0 Å². The predicted octanol–water partition coefficient (Wildman–Crippen LogP) is 3.96. The Morgan fingerprint density at radius 3 is 2.83 bits per heavy atom. The van der Waals surface area contributed by atoms with Gasteiger partial charge in [0, 0.05) is 19.3 Å². The summed E-state index contributed by atoms with van der Waals surface area (Å²) in [5.41, 5.74) is 4.68. The molecule has 1 aromatic carbocycles. The summed E-state index contributed by atoms with van der Waals surface area (Å²) < 4.78 is 5.90. The minimum atomic E-state index is 0.0798. The number of pyridine rings is 1. The number of rotatable bonds is 4. The summed E-state index contributed by atoms with van der Waals surface area (Å²) in [6.45, 7) is 1.43. The molecule has 3 aromatic rings. The molecule has 1 unspecified atom stereocenters. The van der Waals surface area contributed by atoms with Crippen LogP contribution in [0, 0.1) is 0 Å². The van der Waals surface area contributed by atoms with Crippen LogP contribution in [-0.2, 0) is 24.1 Å². The molecule has 1 aliphatic heterocycles. The molecule has 154 valence electrons. The lowest BCUT2D eigenvalue weighted by Gasteiger charge is -2.31. The molecule has 0 spiro atoms. The minimum Gasteiger partial charge on any atom is -0.419 e. The first-order valence-corrected chi connectivity index (χ1v) is 10.9. The van der Waals surface area contributed by atoms with Crippen molar-refractivity contribution < 1.29 is 9.21 Å². The molecule has 1 aliphatic carbocycles. The van der Waals surface area contributed by atoms with E-state index in [1.54, 1.807) is 6.20 Å². The van der Waals surface area contributed by atoms with Crippen LogP contribution in [0.5, 0.6) is 0 Å². The van der Waals surface area contributed by atoms with Crippen LogP contribution < -0.4 is 0 Å². The monoisotopic (exact) mass is 402 g/mol. The highest BCUT2D eigenvalue weighted by atomic mass is 16.4. The van der Waals surface area contributed by atoms with E-state index in [0.717, 1.165) is 31.4 Å². The van der Waals surface area contributed by atoms with Gasteiger partial charge < -0.3 is 9.32 Å². The summed E-state index contributed by atoms with van der Waals surface area (Å²) in [7, 11) is 0. The Labute approximate surface area is 176 Å². The van der Waals surface area contributed by atoms with Gasteiger partial charge in [-0.2, -0.15) is 0 Å². The van der Waals surface area contributed by atoms with Crippen molar-refractivity contribution in [2.24, 2.45) is 0 Å². The quantitative estimate of drug-likeness (QED) is 0.661. The van der Waals surface area contributed by atoms with Crippen molar-refractivity contribution in [3.63, 3.8) is 0 Å². The van der Waals surface area contributed by atoms with Gasteiger partial charge in [0.2, 0.25) is 11.8 Å². The Hall–Kier alpha value is -3.02. The highest BCUT2D eigenvalue weighted by molar-refractivity contribution is 5.79. The van der Waals surface area contributed by atoms with E-state index in [1.165, 1.54) is 30.4 Å². The molecular formula is C24H26N4O2. The highest BCUT2D eigenvalue weighted by Crippen LogP contribution is 2.29. The van der Waals surface area contributed by atoms with Gasteiger partial charge in [-0.15, -0.1) is 10.2 Å². The fourth-order valence-corrected chi connectivity index (χ4v) is 4.58. The van der Waals surface area contributed by atoms with E-state index in [0.29, 0.717) is 30.4 Å². The van der Waals surface area contributed by atoms with E-state index in [-0.39, 0.29) is 11.8 Å². The number of hydrogen-bond acceptors (Lipinski definition) is 5. The van der Waals surface area contributed by atoms with Gasteiger partial charge in [-0.05, 0) is 67.3 Å². The standard InChI is InChI=1S/C24H26N4O2/c29-22(15-17-10-11-18-6-1-2-7-19(18)14-17)28-13-5-8-20(16-28)23-26-27-24(30-23)21-9-3-4-12-25-21/h3-4,9-12,14,20H,1-2,5-8,13,15-16H2. The van der Waals surface area contributed by atoms with E-state index in [4.69, 9.17) is 4.42 Å². The fourth-order valence-electron chi connectivity index (χ4n) is 4.58. The molecular weight excluding hydrogens is 376 g/mol. The molecule has 6 heteroatoms. The maximum atomic E-state index is 13.0. The van der Waals surface area contributed by atoms with Gasteiger partial charge in [0.05, 0.1) is 12.3 Å². The first-order valence-electron chi connectivity index (χ1n) is 10.9. The van der Waals surface area contributed by atoms with Crippen molar-refractivity contribution in [2.45, 2.75) is 50.9 Å². The number of nitrogens with zero attached hydrogens (tertiary/aromatic N) is 4. The number of carbonyl (C=O) groups excluding carboxylic acids is 1. The number of carbonyl (C=O) groups is 1. The smallest absolute Gasteiger partial charge is 0.266 e. The number of likely N-dealkylation sites (tertiary alicyclic amines) is 1. The van der Waals surface area contributed by atoms with E-state index in [1.807, 2.05) is 23.1 Å². The van der Waals surface area contributed by atoms with Crippen molar-refractivity contribution in [3.05, 3.63) is 65.2 Å². The van der Waals surface area contributed by atoms with Gasteiger partial charge in [-0.3, -0.25) is 9.78 Å². The molecule has 0 bridgehead atoms. The summed E-state index contributed by atoms with van der Waals surface area (Å²) in [5, 5.41) is 8.41. The minimum absolute atomic E-state index is 0.0798. The molecule has 1 atom stereocenters. The van der Waals surface area contributed by atoms with E-state index in [2.05, 4.69) is 33.4 Å². The van der Waals surface area contributed by atoms with Crippen LogP contribution in [0.25, 0.3) is 11.6 Å². The highest BCUT2D eigenvalue weighted by Gasteiger charge is 2.28. The third-order valence-corrected chi connectivity index (χ3v) is 6.22. The van der Waals surface area contributed by atoms with Gasteiger partial charge in [0.15, 0.2) is 0 Å². The summed E-state index contributed by atoms with van der Waals surface area (Å²) >= 11 is 0. The largest absolute Gasteiger partial charge is 0.419 e. The van der Waals surface area contributed by atoms with Crippen molar-refractivity contribution in [1.82, 2.24) is 20.1 Å². The number of benzene rings is 1. The summed E-state index contributed by atoms with van der Waals surface area (Å²) in [6, 6.07) is 12.2. The van der Waals surface area contributed by atoms with Crippen LogP contribution >= 0.6 is 0 Å². The van der Waals surface area contributed by atoms with E-state index in [9.17, 15) is 4.79 Å². The maximum Gasteiger partial charge on any atom is 0.266 e. The second-order valence-corrected chi connectivity index (χ2v) is 8.33. The van der Waals surface area contributed by atoms with Gasteiger partial charge in [-0.25, -0.2) is 0 Å². The molecule has 3 heterocycles. The molecule has 6 nitrogen and oxygen atoms in total. The number of fused-ring (bicyclic) bond motifs is 1. The van der Waals surface area contributed by atoms with E-state index >= 15 is 0 Å². The second-order valence-electron chi connectivity index (χ2n) is 8.33. The molecule has 2 aliphatic rings. The summed E-state index contributed by atoms with van der Waals surface area (Å²) in [4.78, 5) is 19.2. The van der Waals surface area contributed by atoms with Crippen molar-refractivity contribution >= 4 is 5.91 Å². The number of amides is 1. The first kappa shape index (κ1) is 19.0. The number of aryl methyl sites for hydroxylation is 2. The first-order chi connectivity index (χ1) is 14.8. The lowest BCUT2D eigenvalue weighted by molar-refractivity contribution is -0.131. The maximum absolute atomic E-state index is 13.0. The zero-order valence-electron chi connectivity index (χ0n) is 17.1. The molecule has 0 radical (unpaired) electrons. The zero-order valence-corrected chi connectivity index (χ0v) is 17.1. The molecule has 1 saturated heterocycles. The Morgan fingerprint density at radius 1 is 1.07 bits per heavy atom. The van der Waals surface area contributed by atoms with Gasteiger partial charge >= 0.3 is 0 Å². The average Bonchev–Trinajstić information content (AvgIpc) is 3.30. The summed E-state index contributed by atoms with van der Waals surface area (Å²) in [6.07, 6.45) is 8.90. The van der Waals surface area contributed by atoms with Crippen LogP contribution in [0.2, 0.25) is 0 Å². The topological polar surface area (TPSA) is 72.1 Å². The Bertz CT molecular complexity index is 1030. The summed E-state index contributed by atoms with van der Waals surface area (Å²) in [5.74, 6) is 1.29.